The Bertz CT molecular complexity index is 1300. The molecule has 0 aromatic heterocycles. The van der Waals surface area contributed by atoms with Crippen LogP contribution in [0.4, 0.5) is 5.69 Å². The Morgan fingerprint density at radius 3 is 2.18 bits per heavy atom. The molecule has 0 bridgehead atoms. The van der Waals surface area contributed by atoms with E-state index in [1.165, 1.54) is 37.5 Å². The van der Waals surface area contributed by atoms with Gasteiger partial charge in [-0.15, -0.1) is 0 Å². The average Bonchev–Trinajstić information content (AvgIpc) is 2.79. The summed E-state index contributed by atoms with van der Waals surface area (Å²) < 4.78 is 28.2. The van der Waals surface area contributed by atoms with Crippen LogP contribution in [0.1, 0.15) is 21.5 Å². The third-order valence-corrected chi connectivity index (χ3v) is 5.62. The summed E-state index contributed by atoms with van der Waals surface area (Å²) in [6.45, 7) is 1.91. The second-order valence-electron chi connectivity index (χ2n) is 7.14. The molecule has 0 fully saturated rings. The van der Waals surface area contributed by atoms with Gasteiger partial charge in [0.25, 0.3) is 11.8 Å². The highest BCUT2D eigenvalue weighted by Crippen LogP contribution is 2.21. The highest BCUT2D eigenvalue weighted by Gasteiger charge is 2.16. The molecule has 33 heavy (non-hydrogen) atoms. The number of benzene rings is 3. The molecule has 8 nitrogen and oxygen atoms in total. The molecule has 0 saturated heterocycles. The molecule has 2 amide bonds. The molecule has 4 N–H and O–H groups in total. The summed E-state index contributed by atoms with van der Waals surface area (Å²) in [5.41, 5.74) is 2.26. The molecule has 0 radical (unpaired) electrons. The number of primary sulfonamides is 1. The van der Waals surface area contributed by atoms with Crippen molar-refractivity contribution in [3.63, 3.8) is 0 Å². The van der Waals surface area contributed by atoms with Crippen molar-refractivity contribution in [1.29, 1.82) is 0 Å². The highest BCUT2D eigenvalue weighted by atomic mass is 32.2. The molecule has 170 valence electrons. The molecule has 0 heterocycles. The summed E-state index contributed by atoms with van der Waals surface area (Å²) in [7, 11) is -2.35. The van der Waals surface area contributed by atoms with Crippen LogP contribution in [0.25, 0.3) is 6.08 Å². The topological polar surface area (TPSA) is 128 Å². The van der Waals surface area contributed by atoms with Crippen molar-refractivity contribution < 1.29 is 22.7 Å². The summed E-state index contributed by atoms with van der Waals surface area (Å²) in [5, 5.41) is 10.4. The van der Waals surface area contributed by atoms with E-state index in [0.29, 0.717) is 22.6 Å². The van der Waals surface area contributed by atoms with Crippen LogP contribution in [-0.4, -0.2) is 27.3 Å². The fraction of sp³-hybridized carbons (Fsp3) is 0.0833. The summed E-state index contributed by atoms with van der Waals surface area (Å²) in [6.07, 6.45) is 1.50. The quantitative estimate of drug-likeness (QED) is 0.462. The van der Waals surface area contributed by atoms with Gasteiger partial charge in [-0.1, -0.05) is 35.9 Å². The van der Waals surface area contributed by atoms with Gasteiger partial charge in [0.2, 0.25) is 10.0 Å². The number of anilines is 1. The average molecular weight is 466 g/mol. The van der Waals surface area contributed by atoms with Gasteiger partial charge in [-0.05, 0) is 55.5 Å². The number of hydrogen-bond donors (Lipinski definition) is 3. The number of aryl methyl sites for hydroxylation is 1. The third-order valence-electron chi connectivity index (χ3n) is 4.69. The van der Waals surface area contributed by atoms with Gasteiger partial charge in [0.15, 0.2) is 0 Å². The lowest BCUT2D eigenvalue weighted by Gasteiger charge is -2.13. The van der Waals surface area contributed by atoms with Crippen LogP contribution in [-0.2, 0) is 14.8 Å². The van der Waals surface area contributed by atoms with Crippen molar-refractivity contribution >= 4 is 33.6 Å². The first-order valence-electron chi connectivity index (χ1n) is 9.84. The first-order chi connectivity index (χ1) is 15.7. The summed E-state index contributed by atoms with van der Waals surface area (Å²) in [6, 6.07) is 19.3. The SMILES string of the molecule is COc1ccccc1/C=C(/NC(=O)c1ccc(C)cc1)C(=O)Nc1ccc(S(N)(=O)=O)cc1. The molecule has 9 heteroatoms. The van der Waals surface area contributed by atoms with E-state index in [1.807, 2.05) is 6.92 Å². The number of methoxy groups -OCH3 is 1. The second kappa shape index (κ2) is 10.1. The number of sulfonamides is 1. The largest absolute Gasteiger partial charge is 0.496 e. The molecule has 0 spiro atoms. The van der Waals surface area contributed by atoms with Crippen molar-refractivity contribution in [2.24, 2.45) is 5.14 Å². The van der Waals surface area contributed by atoms with Gasteiger partial charge in [0.05, 0.1) is 12.0 Å². The Morgan fingerprint density at radius 2 is 1.58 bits per heavy atom. The summed E-state index contributed by atoms with van der Waals surface area (Å²) in [4.78, 5) is 25.7. The van der Waals surface area contributed by atoms with E-state index >= 15 is 0 Å². The van der Waals surface area contributed by atoms with Gasteiger partial charge in [-0.2, -0.15) is 0 Å². The van der Waals surface area contributed by atoms with Crippen LogP contribution in [0.2, 0.25) is 0 Å². The number of rotatable bonds is 7. The maximum Gasteiger partial charge on any atom is 0.272 e. The zero-order chi connectivity index (χ0) is 24.0. The lowest BCUT2D eigenvalue weighted by molar-refractivity contribution is -0.113. The van der Waals surface area contributed by atoms with Gasteiger partial charge < -0.3 is 15.4 Å². The molecule has 3 rings (SSSR count). The Labute approximate surface area is 192 Å². The molecule has 0 atom stereocenters. The lowest BCUT2D eigenvalue weighted by Crippen LogP contribution is -2.30. The Kier molecular flexibility index (Phi) is 7.27. The molecule has 3 aromatic rings. The van der Waals surface area contributed by atoms with Crippen molar-refractivity contribution in [3.05, 3.63) is 95.2 Å². The monoisotopic (exact) mass is 465 g/mol. The minimum atomic E-state index is -3.86. The van der Waals surface area contributed by atoms with E-state index in [9.17, 15) is 18.0 Å². The maximum absolute atomic E-state index is 13.0. The van der Waals surface area contributed by atoms with E-state index in [-0.39, 0.29) is 10.6 Å². The van der Waals surface area contributed by atoms with Crippen LogP contribution in [0.5, 0.6) is 5.75 Å². The number of hydrogen-bond acceptors (Lipinski definition) is 5. The van der Waals surface area contributed by atoms with Gasteiger partial charge in [-0.3, -0.25) is 9.59 Å². The minimum absolute atomic E-state index is 0.0272. The van der Waals surface area contributed by atoms with Crippen molar-refractivity contribution in [3.8, 4) is 5.75 Å². The predicted octanol–water partition coefficient (Wildman–Crippen LogP) is 3.06. The fourth-order valence-corrected chi connectivity index (χ4v) is 3.44. The maximum atomic E-state index is 13.0. The number of nitrogens with two attached hydrogens (primary N) is 1. The number of nitrogens with one attached hydrogen (secondary N) is 2. The van der Waals surface area contributed by atoms with Crippen LogP contribution < -0.4 is 20.5 Å². The molecule has 0 saturated carbocycles. The number of carbonyl (C=O) groups is 2. The molecule has 0 aliphatic heterocycles. The molecular formula is C24H23N3O5S. The predicted molar refractivity (Wildman–Crippen MR) is 126 cm³/mol. The van der Waals surface area contributed by atoms with Crippen molar-refractivity contribution in [2.45, 2.75) is 11.8 Å². The van der Waals surface area contributed by atoms with Crippen LogP contribution in [0, 0.1) is 6.92 Å². The first kappa shape index (κ1) is 23.7. The first-order valence-corrected chi connectivity index (χ1v) is 11.4. The third kappa shape index (κ3) is 6.28. The lowest BCUT2D eigenvalue weighted by atomic mass is 10.1. The smallest absolute Gasteiger partial charge is 0.272 e. The molecular weight excluding hydrogens is 442 g/mol. The summed E-state index contributed by atoms with van der Waals surface area (Å²) >= 11 is 0. The van der Waals surface area contributed by atoms with E-state index in [2.05, 4.69) is 10.6 Å². The molecule has 3 aromatic carbocycles. The minimum Gasteiger partial charge on any atom is -0.496 e. The molecule has 0 aliphatic rings. The van der Waals surface area contributed by atoms with Crippen LogP contribution in [0.15, 0.2) is 83.4 Å². The molecule has 0 unspecified atom stereocenters. The van der Waals surface area contributed by atoms with E-state index in [4.69, 9.17) is 9.88 Å². The standard InChI is InChI=1S/C24H23N3O5S/c1-16-7-9-17(10-8-16)23(28)27-21(15-18-5-3-4-6-22(18)32-2)24(29)26-19-11-13-20(14-12-19)33(25,30)31/h3-15H,1-2H3,(H,26,29)(H,27,28)(H2,25,30,31)/b21-15+. The van der Waals surface area contributed by atoms with Gasteiger partial charge in [0.1, 0.15) is 11.4 Å². The van der Waals surface area contributed by atoms with Gasteiger partial charge in [-0.25, -0.2) is 13.6 Å². The fourth-order valence-electron chi connectivity index (χ4n) is 2.93. The summed E-state index contributed by atoms with van der Waals surface area (Å²) in [5.74, 6) is -0.550. The highest BCUT2D eigenvalue weighted by molar-refractivity contribution is 7.89. The normalized spacial score (nSPS) is 11.5. The van der Waals surface area contributed by atoms with E-state index in [1.54, 1.807) is 48.5 Å². The number of carbonyl (C=O) groups excluding carboxylic acids is 2. The Hall–Kier alpha value is -3.95. The number of ether oxygens (including phenoxy) is 1. The van der Waals surface area contributed by atoms with Crippen LogP contribution in [0.3, 0.4) is 0 Å². The van der Waals surface area contributed by atoms with Crippen molar-refractivity contribution in [2.75, 3.05) is 12.4 Å². The Morgan fingerprint density at radius 1 is 0.939 bits per heavy atom. The second-order valence-corrected chi connectivity index (χ2v) is 8.71. The Balaban J connectivity index is 1.91. The number of para-hydroxylation sites is 1. The zero-order valence-electron chi connectivity index (χ0n) is 18.0. The zero-order valence-corrected chi connectivity index (χ0v) is 18.8. The molecule has 0 aliphatic carbocycles. The van der Waals surface area contributed by atoms with Crippen molar-refractivity contribution in [1.82, 2.24) is 5.32 Å². The number of amides is 2. The van der Waals surface area contributed by atoms with E-state index < -0.39 is 21.8 Å². The van der Waals surface area contributed by atoms with Crippen LogP contribution >= 0.6 is 0 Å². The van der Waals surface area contributed by atoms with E-state index in [0.717, 1.165) is 5.56 Å². The van der Waals surface area contributed by atoms with Gasteiger partial charge >= 0.3 is 0 Å². The van der Waals surface area contributed by atoms with Gasteiger partial charge in [0, 0.05) is 16.8 Å².